The van der Waals surface area contributed by atoms with Crippen molar-refractivity contribution in [3.63, 3.8) is 0 Å². The second kappa shape index (κ2) is 4.57. The minimum Gasteiger partial charge on any atom is -0.497 e. The second-order valence-corrected chi connectivity index (χ2v) is 4.83. The van der Waals surface area contributed by atoms with Gasteiger partial charge in [0.2, 0.25) is 0 Å². The van der Waals surface area contributed by atoms with Gasteiger partial charge in [-0.05, 0) is 31.5 Å². The summed E-state index contributed by atoms with van der Waals surface area (Å²) in [6.07, 6.45) is 2.99. The van der Waals surface area contributed by atoms with E-state index in [1.54, 1.807) is 7.11 Å². The predicted octanol–water partition coefficient (Wildman–Crippen LogP) is 3.92. The fourth-order valence-corrected chi connectivity index (χ4v) is 2.78. The van der Waals surface area contributed by atoms with Gasteiger partial charge in [-0.1, -0.05) is 6.92 Å². The van der Waals surface area contributed by atoms with Gasteiger partial charge in [0.1, 0.15) is 5.75 Å². The Balaban J connectivity index is 2.46. The van der Waals surface area contributed by atoms with Crippen LogP contribution in [0.5, 0.6) is 5.75 Å². The lowest BCUT2D eigenvalue weighted by atomic mass is 10.1. The average Bonchev–Trinajstić information content (AvgIpc) is 2.74. The summed E-state index contributed by atoms with van der Waals surface area (Å²) in [6, 6.07) is 8.38. The summed E-state index contributed by atoms with van der Waals surface area (Å²) in [5.74, 6) is 0.901. The molecule has 0 atom stereocenters. The van der Waals surface area contributed by atoms with Gasteiger partial charge >= 0.3 is 0 Å². The molecule has 0 amide bonds. The van der Waals surface area contributed by atoms with Gasteiger partial charge in [0.05, 0.1) is 23.8 Å². The Morgan fingerprint density at radius 1 is 1.21 bits per heavy atom. The Bertz CT molecular complexity index is 743. The number of methoxy groups -OCH3 is 1. The SMILES string of the molecule is CCCn1c2cc(OC)ccc2c2ccnc(C)c21. The first-order valence-electron chi connectivity index (χ1n) is 6.67. The van der Waals surface area contributed by atoms with Crippen molar-refractivity contribution in [3.05, 3.63) is 36.2 Å². The fraction of sp³-hybridized carbons (Fsp3) is 0.312. The number of hydrogen-bond acceptors (Lipinski definition) is 2. The molecule has 0 N–H and O–H groups in total. The van der Waals surface area contributed by atoms with Crippen molar-refractivity contribution in [2.45, 2.75) is 26.8 Å². The number of aromatic nitrogens is 2. The summed E-state index contributed by atoms with van der Waals surface area (Å²) in [4.78, 5) is 4.44. The van der Waals surface area contributed by atoms with Crippen LogP contribution in [0, 0.1) is 6.92 Å². The number of rotatable bonds is 3. The second-order valence-electron chi connectivity index (χ2n) is 4.83. The number of nitrogens with zero attached hydrogens (tertiary/aromatic N) is 2. The van der Waals surface area contributed by atoms with E-state index in [1.165, 1.54) is 21.8 Å². The summed E-state index contributed by atoms with van der Waals surface area (Å²) in [7, 11) is 1.71. The zero-order chi connectivity index (χ0) is 13.4. The molecule has 0 spiro atoms. The highest BCUT2D eigenvalue weighted by molar-refractivity contribution is 6.09. The summed E-state index contributed by atoms with van der Waals surface area (Å²) in [5, 5.41) is 2.55. The number of ether oxygens (including phenoxy) is 1. The zero-order valence-electron chi connectivity index (χ0n) is 11.6. The van der Waals surface area contributed by atoms with E-state index in [2.05, 4.69) is 41.6 Å². The Morgan fingerprint density at radius 2 is 2.05 bits per heavy atom. The Morgan fingerprint density at radius 3 is 2.79 bits per heavy atom. The number of benzene rings is 1. The quantitative estimate of drug-likeness (QED) is 0.708. The lowest BCUT2D eigenvalue weighted by molar-refractivity contribution is 0.415. The molecule has 0 radical (unpaired) electrons. The molecule has 19 heavy (non-hydrogen) atoms. The van der Waals surface area contributed by atoms with Crippen LogP contribution in [0.3, 0.4) is 0 Å². The first kappa shape index (κ1) is 12.0. The Hall–Kier alpha value is -2.03. The Labute approximate surface area is 112 Å². The van der Waals surface area contributed by atoms with Crippen LogP contribution in [0.1, 0.15) is 19.0 Å². The minimum absolute atomic E-state index is 0.901. The van der Waals surface area contributed by atoms with Crippen LogP contribution in [0.15, 0.2) is 30.5 Å². The van der Waals surface area contributed by atoms with Crippen molar-refractivity contribution >= 4 is 21.8 Å². The van der Waals surface area contributed by atoms with Crippen LogP contribution in [0.4, 0.5) is 0 Å². The highest BCUT2D eigenvalue weighted by Crippen LogP contribution is 2.32. The number of aryl methyl sites for hydroxylation is 2. The van der Waals surface area contributed by atoms with Crippen LogP contribution < -0.4 is 4.74 Å². The molecule has 0 aliphatic rings. The molecule has 0 bridgehead atoms. The van der Waals surface area contributed by atoms with Gasteiger partial charge in [0.15, 0.2) is 0 Å². The number of hydrogen-bond donors (Lipinski definition) is 0. The molecule has 2 heterocycles. The fourth-order valence-electron chi connectivity index (χ4n) is 2.78. The maximum Gasteiger partial charge on any atom is 0.120 e. The summed E-state index contributed by atoms with van der Waals surface area (Å²) < 4.78 is 7.71. The maximum absolute atomic E-state index is 5.35. The molecular weight excluding hydrogens is 236 g/mol. The van der Waals surface area contributed by atoms with Crippen molar-refractivity contribution in [2.24, 2.45) is 0 Å². The number of fused-ring (bicyclic) bond motifs is 3. The lowest BCUT2D eigenvalue weighted by Gasteiger charge is -2.07. The van der Waals surface area contributed by atoms with Crippen LogP contribution in [0.2, 0.25) is 0 Å². The molecule has 0 aliphatic heterocycles. The van der Waals surface area contributed by atoms with Gasteiger partial charge in [-0.15, -0.1) is 0 Å². The van der Waals surface area contributed by atoms with Crippen LogP contribution in [0.25, 0.3) is 21.8 Å². The van der Waals surface area contributed by atoms with Crippen LogP contribution >= 0.6 is 0 Å². The third-order valence-electron chi connectivity index (χ3n) is 3.61. The van der Waals surface area contributed by atoms with E-state index < -0.39 is 0 Å². The minimum atomic E-state index is 0.901. The summed E-state index contributed by atoms with van der Waals surface area (Å²) >= 11 is 0. The van der Waals surface area contributed by atoms with Crippen molar-refractivity contribution < 1.29 is 4.74 Å². The third-order valence-corrected chi connectivity index (χ3v) is 3.61. The van der Waals surface area contributed by atoms with E-state index in [1.807, 2.05) is 12.3 Å². The molecule has 3 aromatic rings. The van der Waals surface area contributed by atoms with Crippen LogP contribution in [-0.2, 0) is 6.54 Å². The predicted molar refractivity (Wildman–Crippen MR) is 78.8 cm³/mol. The molecular formula is C16H18N2O. The van der Waals surface area contributed by atoms with Crippen molar-refractivity contribution in [2.75, 3.05) is 7.11 Å². The monoisotopic (exact) mass is 254 g/mol. The average molecular weight is 254 g/mol. The van der Waals surface area contributed by atoms with Crippen LogP contribution in [-0.4, -0.2) is 16.7 Å². The maximum atomic E-state index is 5.35. The lowest BCUT2D eigenvalue weighted by Crippen LogP contribution is -1.98. The molecule has 2 aromatic heterocycles. The van der Waals surface area contributed by atoms with E-state index >= 15 is 0 Å². The first-order chi connectivity index (χ1) is 9.26. The summed E-state index contributed by atoms with van der Waals surface area (Å²) in [5.41, 5.74) is 3.56. The van der Waals surface area contributed by atoms with E-state index in [0.717, 1.165) is 24.4 Å². The third kappa shape index (κ3) is 1.77. The largest absolute Gasteiger partial charge is 0.497 e. The van der Waals surface area contributed by atoms with E-state index in [9.17, 15) is 0 Å². The highest BCUT2D eigenvalue weighted by atomic mass is 16.5. The Kier molecular flexibility index (Phi) is 2.90. The zero-order valence-corrected chi connectivity index (χ0v) is 11.6. The molecule has 3 heteroatoms. The van der Waals surface area contributed by atoms with Gasteiger partial charge in [0, 0.05) is 29.6 Å². The first-order valence-corrected chi connectivity index (χ1v) is 6.67. The van der Waals surface area contributed by atoms with Crippen molar-refractivity contribution in [1.82, 2.24) is 9.55 Å². The molecule has 3 rings (SSSR count). The van der Waals surface area contributed by atoms with Gasteiger partial charge < -0.3 is 9.30 Å². The van der Waals surface area contributed by atoms with E-state index in [4.69, 9.17) is 4.74 Å². The normalized spacial score (nSPS) is 11.3. The standard InChI is InChI=1S/C16H18N2O/c1-4-9-18-15-10-12(19-3)5-6-13(15)14-7-8-17-11(2)16(14)18/h5-8,10H,4,9H2,1-3H3. The van der Waals surface area contributed by atoms with Crippen molar-refractivity contribution in [3.8, 4) is 5.75 Å². The summed E-state index contributed by atoms with van der Waals surface area (Å²) in [6.45, 7) is 5.27. The topological polar surface area (TPSA) is 27.1 Å². The molecule has 0 saturated heterocycles. The molecule has 0 saturated carbocycles. The molecule has 0 unspecified atom stereocenters. The van der Waals surface area contributed by atoms with E-state index in [0.29, 0.717) is 0 Å². The number of pyridine rings is 1. The molecule has 1 aromatic carbocycles. The smallest absolute Gasteiger partial charge is 0.120 e. The molecule has 98 valence electrons. The molecule has 0 aliphatic carbocycles. The molecule has 0 fully saturated rings. The van der Waals surface area contributed by atoms with E-state index in [-0.39, 0.29) is 0 Å². The molecule has 3 nitrogen and oxygen atoms in total. The van der Waals surface area contributed by atoms with Gasteiger partial charge in [-0.3, -0.25) is 4.98 Å². The van der Waals surface area contributed by atoms with Gasteiger partial charge in [0.25, 0.3) is 0 Å². The van der Waals surface area contributed by atoms with Crippen molar-refractivity contribution in [1.29, 1.82) is 0 Å². The van der Waals surface area contributed by atoms with Gasteiger partial charge in [-0.25, -0.2) is 0 Å². The highest BCUT2D eigenvalue weighted by Gasteiger charge is 2.12. The van der Waals surface area contributed by atoms with Gasteiger partial charge in [-0.2, -0.15) is 0 Å².